The molecule has 2 heterocycles. The van der Waals surface area contributed by atoms with Gasteiger partial charge in [-0.15, -0.1) is 0 Å². The highest BCUT2D eigenvalue weighted by Crippen LogP contribution is 2.33. The molecule has 2 atom stereocenters. The molecule has 1 aliphatic rings. The van der Waals surface area contributed by atoms with Gasteiger partial charge in [-0.3, -0.25) is 9.89 Å². The van der Waals surface area contributed by atoms with Gasteiger partial charge in [0, 0.05) is 18.4 Å². The van der Waals surface area contributed by atoms with E-state index in [0.29, 0.717) is 6.61 Å². The molecule has 82 valence electrons. The Morgan fingerprint density at radius 1 is 1.73 bits per heavy atom. The van der Waals surface area contributed by atoms with E-state index >= 15 is 0 Å². The van der Waals surface area contributed by atoms with Gasteiger partial charge in [-0.1, -0.05) is 0 Å². The van der Waals surface area contributed by atoms with Crippen molar-refractivity contribution in [1.82, 2.24) is 10.2 Å². The molecular formula is C10H14N2O3. The summed E-state index contributed by atoms with van der Waals surface area (Å²) >= 11 is 0. The molecule has 5 nitrogen and oxygen atoms in total. The second-order valence-corrected chi connectivity index (χ2v) is 3.59. The largest absolute Gasteiger partial charge is 0.469 e. The lowest BCUT2D eigenvalue weighted by Gasteiger charge is -2.28. The summed E-state index contributed by atoms with van der Waals surface area (Å²) in [4.78, 5) is 11.5. The Morgan fingerprint density at radius 2 is 2.60 bits per heavy atom. The molecule has 0 saturated carbocycles. The fourth-order valence-corrected chi connectivity index (χ4v) is 1.92. The number of nitrogens with one attached hydrogen (secondary N) is 1. The van der Waals surface area contributed by atoms with Gasteiger partial charge in [-0.25, -0.2) is 0 Å². The van der Waals surface area contributed by atoms with Gasteiger partial charge in [0.15, 0.2) is 0 Å². The number of methoxy groups -OCH3 is 1. The molecule has 0 radical (unpaired) electrons. The average Bonchev–Trinajstić information content (AvgIpc) is 2.81. The highest BCUT2D eigenvalue weighted by Gasteiger charge is 2.34. The summed E-state index contributed by atoms with van der Waals surface area (Å²) in [5, 5.41) is 6.58. The third kappa shape index (κ3) is 2.02. The SMILES string of the molecule is COC(=O)[C@@H]1CCCO[C@H]1c1cn[nH]c1. The second-order valence-electron chi connectivity index (χ2n) is 3.59. The number of aromatic nitrogens is 2. The minimum atomic E-state index is -0.218. The molecule has 0 bridgehead atoms. The molecule has 0 aliphatic carbocycles. The smallest absolute Gasteiger partial charge is 0.311 e. The minimum Gasteiger partial charge on any atom is -0.469 e. The van der Waals surface area contributed by atoms with Crippen molar-refractivity contribution in [3.8, 4) is 0 Å². The van der Waals surface area contributed by atoms with Gasteiger partial charge in [0.1, 0.15) is 0 Å². The Hall–Kier alpha value is -1.36. The summed E-state index contributed by atoms with van der Waals surface area (Å²) in [6.45, 7) is 0.684. The summed E-state index contributed by atoms with van der Waals surface area (Å²) in [5.41, 5.74) is 0.908. The summed E-state index contributed by atoms with van der Waals surface area (Å²) in [7, 11) is 1.41. The maximum Gasteiger partial charge on any atom is 0.311 e. The van der Waals surface area contributed by atoms with Crippen LogP contribution in [0.3, 0.4) is 0 Å². The van der Waals surface area contributed by atoms with Crippen molar-refractivity contribution >= 4 is 5.97 Å². The molecule has 1 aromatic rings. The maximum atomic E-state index is 11.5. The van der Waals surface area contributed by atoms with Crippen LogP contribution in [0.1, 0.15) is 24.5 Å². The van der Waals surface area contributed by atoms with E-state index < -0.39 is 0 Å². The molecule has 0 spiro atoms. The average molecular weight is 210 g/mol. The van der Waals surface area contributed by atoms with Crippen LogP contribution in [0.15, 0.2) is 12.4 Å². The van der Waals surface area contributed by atoms with Gasteiger partial charge in [0.2, 0.25) is 0 Å². The number of carbonyl (C=O) groups is 1. The highest BCUT2D eigenvalue weighted by molar-refractivity contribution is 5.73. The van der Waals surface area contributed by atoms with Crippen LogP contribution >= 0.6 is 0 Å². The maximum absolute atomic E-state index is 11.5. The monoisotopic (exact) mass is 210 g/mol. The van der Waals surface area contributed by atoms with E-state index in [1.807, 2.05) is 0 Å². The van der Waals surface area contributed by atoms with Crippen molar-refractivity contribution in [3.63, 3.8) is 0 Å². The second kappa shape index (κ2) is 4.44. The van der Waals surface area contributed by atoms with Crippen molar-refractivity contribution in [2.75, 3.05) is 13.7 Å². The Morgan fingerprint density at radius 3 is 3.27 bits per heavy atom. The number of aromatic amines is 1. The minimum absolute atomic E-state index is 0.207. The van der Waals surface area contributed by atoms with Crippen LogP contribution in [-0.4, -0.2) is 29.9 Å². The fraction of sp³-hybridized carbons (Fsp3) is 0.600. The number of rotatable bonds is 2. The number of carbonyl (C=O) groups excluding carboxylic acids is 1. The molecule has 1 aliphatic heterocycles. The van der Waals surface area contributed by atoms with Crippen LogP contribution < -0.4 is 0 Å². The van der Waals surface area contributed by atoms with E-state index in [0.717, 1.165) is 18.4 Å². The molecule has 15 heavy (non-hydrogen) atoms. The lowest BCUT2D eigenvalue weighted by Crippen LogP contribution is -2.29. The van der Waals surface area contributed by atoms with E-state index in [4.69, 9.17) is 9.47 Å². The van der Waals surface area contributed by atoms with Crippen molar-refractivity contribution in [2.24, 2.45) is 5.92 Å². The molecule has 0 amide bonds. The summed E-state index contributed by atoms with van der Waals surface area (Å²) in [5.74, 6) is -0.415. The third-order valence-corrected chi connectivity index (χ3v) is 2.67. The summed E-state index contributed by atoms with van der Waals surface area (Å²) in [6, 6.07) is 0. The van der Waals surface area contributed by atoms with Crippen LogP contribution in [0.5, 0.6) is 0 Å². The number of nitrogens with zero attached hydrogens (tertiary/aromatic N) is 1. The molecular weight excluding hydrogens is 196 g/mol. The van der Waals surface area contributed by atoms with Crippen LogP contribution in [-0.2, 0) is 14.3 Å². The Bertz CT molecular complexity index is 323. The van der Waals surface area contributed by atoms with Crippen LogP contribution in [0, 0.1) is 5.92 Å². The van der Waals surface area contributed by atoms with Crippen LogP contribution in [0.2, 0.25) is 0 Å². The molecule has 1 N–H and O–H groups in total. The van der Waals surface area contributed by atoms with E-state index in [-0.39, 0.29) is 18.0 Å². The number of hydrogen-bond donors (Lipinski definition) is 1. The van der Waals surface area contributed by atoms with Crippen molar-refractivity contribution < 1.29 is 14.3 Å². The summed E-state index contributed by atoms with van der Waals surface area (Å²) < 4.78 is 10.4. The first-order valence-electron chi connectivity index (χ1n) is 5.01. The number of esters is 1. The Labute approximate surface area is 87.8 Å². The van der Waals surface area contributed by atoms with Gasteiger partial charge in [0.05, 0.1) is 25.3 Å². The highest BCUT2D eigenvalue weighted by atomic mass is 16.5. The molecule has 5 heteroatoms. The summed E-state index contributed by atoms with van der Waals surface area (Å²) in [6.07, 6.45) is 4.93. The predicted molar refractivity (Wildman–Crippen MR) is 52.0 cm³/mol. The third-order valence-electron chi connectivity index (χ3n) is 2.67. The van der Waals surface area contributed by atoms with Crippen molar-refractivity contribution in [2.45, 2.75) is 18.9 Å². The normalized spacial score (nSPS) is 26.2. The van der Waals surface area contributed by atoms with Crippen LogP contribution in [0.4, 0.5) is 0 Å². The zero-order valence-corrected chi connectivity index (χ0v) is 8.60. The number of H-pyrrole nitrogens is 1. The first-order chi connectivity index (χ1) is 7.33. The van der Waals surface area contributed by atoms with E-state index in [1.165, 1.54) is 7.11 Å². The molecule has 0 unspecified atom stereocenters. The van der Waals surface area contributed by atoms with Gasteiger partial charge in [-0.05, 0) is 12.8 Å². The van der Waals surface area contributed by atoms with E-state index in [1.54, 1.807) is 12.4 Å². The predicted octanol–water partition coefficient (Wildman–Crippen LogP) is 1.05. The lowest BCUT2D eigenvalue weighted by molar-refractivity contribution is -0.155. The topological polar surface area (TPSA) is 64.2 Å². The van der Waals surface area contributed by atoms with E-state index in [2.05, 4.69) is 10.2 Å². The first-order valence-corrected chi connectivity index (χ1v) is 5.01. The van der Waals surface area contributed by atoms with Gasteiger partial charge < -0.3 is 9.47 Å². The number of ether oxygens (including phenoxy) is 2. The molecule has 1 aromatic heterocycles. The zero-order chi connectivity index (χ0) is 10.7. The first kappa shape index (κ1) is 10.2. The molecule has 0 aromatic carbocycles. The molecule has 1 saturated heterocycles. The molecule has 1 fully saturated rings. The van der Waals surface area contributed by atoms with Crippen molar-refractivity contribution in [1.29, 1.82) is 0 Å². The van der Waals surface area contributed by atoms with Gasteiger partial charge >= 0.3 is 5.97 Å². The fourth-order valence-electron chi connectivity index (χ4n) is 1.92. The lowest BCUT2D eigenvalue weighted by atomic mass is 9.91. The van der Waals surface area contributed by atoms with Crippen molar-refractivity contribution in [3.05, 3.63) is 18.0 Å². The Balaban J connectivity index is 2.16. The number of hydrogen-bond acceptors (Lipinski definition) is 4. The standard InChI is InChI=1S/C10H14N2O3/c1-14-10(13)8-3-2-4-15-9(8)7-5-11-12-6-7/h5-6,8-9H,2-4H2,1H3,(H,11,12)/t8-,9+/m1/s1. The van der Waals surface area contributed by atoms with Crippen LogP contribution in [0.25, 0.3) is 0 Å². The Kier molecular flexibility index (Phi) is 3.01. The van der Waals surface area contributed by atoms with Gasteiger partial charge in [-0.2, -0.15) is 5.10 Å². The molecule has 2 rings (SSSR count). The van der Waals surface area contributed by atoms with Gasteiger partial charge in [0.25, 0.3) is 0 Å². The quantitative estimate of drug-likeness (QED) is 0.741. The van der Waals surface area contributed by atoms with E-state index in [9.17, 15) is 4.79 Å². The zero-order valence-electron chi connectivity index (χ0n) is 8.60.